The number of H-pyrrole nitrogens is 1. The average molecular weight is 530 g/mol. The molecule has 11 heteroatoms. The van der Waals surface area contributed by atoms with Gasteiger partial charge in [0, 0.05) is 24.0 Å². The van der Waals surface area contributed by atoms with Gasteiger partial charge in [-0.25, -0.2) is 19.3 Å². The number of aromatic amines is 1. The second-order valence-corrected chi connectivity index (χ2v) is 10.1. The normalized spacial score (nSPS) is 20.9. The molecule has 1 saturated carbocycles. The molecule has 4 aromatic rings. The Balaban J connectivity index is 1.26. The highest BCUT2D eigenvalue weighted by molar-refractivity contribution is 5.83. The number of benzene rings is 1. The molecule has 2 aliphatic rings. The van der Waals surface area contributed by atoms with Crippen molar-refractivity contribution >= 4 is 11.9 Å². The number of hydrogen-bond acceptors (Lipinski definition) is 8. The fraction of sp³-hybridized carbons (Fsp3) is 0.321. The third-order valence-corrected chi connectivity index (χ3v) is 6.70. The number of anilines is 1. The minimum absolute atomic E-state index is 0.0673. The molecule has 2 fully saturated rings. The summed E-state index contributed by atoms with van der Waals surface area (Å²) in [4.78, 5) is 34.1. The van der Waals surface area contributed by atoms with Crippen LogP contribution < -0.4 is 10.6 Å². The third kappa shape index (κ3) is 5.64. The van der Waals surface area contributed by atoms with Gasteiger partial charge in [0.05, 0.1) is 47.9 Å². The van der Waals surface area contributed by atoms with E-state index in [0.29, 0.717) is 41.0 Å². The lowest BCUT2D eigenvalue weighted by atomic mass is 9.91. The number of imidazole rings is 1. The molecule has 1 aliphatic carbocycles. The quantitative estimate of drug-likeness (QED) is 0.313. The highest BCUT2D eigenvalue weighted by atomic mass is 19.1. The number of ether oxygens (including phenoxy) is 2. The predicted octanol–water partition coefficient (Wildman–Crippen LogP) is 4.01. The van der Waals surface area contributed by atoms with Crippen molar-refractivity contribution in [3.05, 3.63) is 78.3 Å². The molecule has 200 valence electrons. The van der Waals surface area contributed by atoms with E-state index in [1.54, 1.807) is 30.6 Å². The number of carbonyl (C=O) groups excluding carboxylic acids is 1. The van der Waals surface area contributed by atoms with Gasteiger partial charge in [-0.05, 0) is 62.2 Å². The molecule has 0 spiro atoms. The van der Waals surface area contributed by atoms with E-state index in [1.807, 2.05) is 25.1 Å². The maximum absolute atomic E-state index is 13.7. The second-order valence-electron chi connectivity index (χ2n) is 10.1. The first kappa shape index (κ1) is 25.1. The van der Waals surface area contributed by atoms with Gasteiger partial charge in [0.25, 0.3) is 0 Å². The number of aromatic nitrogens is 5. The number of carbonyl (C=O) groups is 1. The van der Waals surface area contributed by atoms with Crippen molar-refractivity contribution in [1.82, 2.24) is 30.2 Å². The number of halogens is 1. The van der Waals surface area contributed by atoms with Crippen molar-refractivity contribution in [2.45, 2.75) is 38.6 Å². The average Bonchev–Trinajstić information content (AvgIpc) is 3.67. The zero-order valence-electron chi connectivity index (χ0n) is 21.4. The van der Waals surface area contributed by atoms with E-state index in [9.17, 15) is 9.18 Å². The summed E-state index contributed by atoms with van der Waals surface area (Å²) in [6, 6.07) is 13.8. The molecule has 0 unspecified atom stereocenters. The van der Waals surface area contributed by atoms with Crippen LogP contribution in [0.3, 0.4) is 0 Å². The van der Waals surface area contributed by atoms with Crippen molar-refractivity contribution in [3.8, 4) is 22.6 Å². The standard InChI is InChI=1S/C28H28FN7O3/c1-28(26(37)33-19-9-10-19)15-38-25(39-16-28)24-35-22(17-5-7-18(29)8-6-17)23(36-24)21-11-13-31-27(34-21)32-14-20-4-2-3-12-30-20/h2-8,11-13,19,25H,9-10,14-16H2,1H3,(H,33,37)(H,35,36)(H,31,32,34). The van der Waals surface area contributed by atoms with Crippen LogP contribution in [-0.2, 0) is 20.8 Å². The van der Waals surface area contributed by atoms with Gasteiger partial charge < -0.3 is 25.1 Å². The molecule has 0 bridgehead atoms. The Labute approximate surface area is 224 Å². The van der Waals surface area contributed by atoms with E-state index < -0.39 is 11.7 Å². The van der Waals surface area contributed by atoms with Crippen LogP contribution in [0.2, 0.25) is 0 Å². The van der Waals surface area contributed by atoms with Crippen LogP contribution in [0.5, 0.6) is 0 Å². The smallest absolute Gasteiger partial charge is 0.230 e. The Morgan fingerprint density at radius 1 is 1.05 bits per heavy atom. The van der Waals surface area contributed by atoms with Crippen LogP contribution in [0, 0.1) is 11.2 Å². The SMILES string of the molecule is CC1(C(=O)NC2CC2)COC(c2nc(-c3ccc(F)cc3)c(-c3ccnc(NCc4ccccn4)n3)[nH]2)OC1. The number of nitrogens with zero attached hydrogens (tertiary/aromatic N) is 4. The minimum atomic E-state index is -0.802. The van der Waals surface area contributed by atoms with Gasteiger partial charge in [0.15, 0.2) is 5.82 Å². The first-order valence-electron chi connectivity index (χ1n) is 12.8. The van der Waals surface area contributed by atoms with Crippen LogP contribution in [0.15, 0.2) is 60.9 Å². The maximum Gasteiger partial charge on any atom is 0.230 e. The molecule has 0 radical (unpaired) electrons. The Bertz CT molecular complexity index is 1450. The first-order valence-corrected chi connectivity index (χ1v) is 12.8. The number of pyridine rings is 1. The molecule has 39 heavy (non-hydrogen) atoms. The molecule has 1 amide bonds. The molecular formula is C28H28FN7O3. The molecule has 1 aromatic carbocycles. The highest BCUT2D eigenvalue weighted by Crippen LogP contribution is 2.36. The second kappa shape index (κ2) is 10.5. The van der Waals surface area contributed by atoms with E-state index in [1.165, 1.54) is 12.1 Å². The highest BCUT2D eigenvalue weighted by Gasteiger charge is 2.42. The van der Waals surface area contributed by atoms with Gasteiger partial charge >= 0.3 is 0 Å². The number of hydrogen-bond donors (Lipinski definition) is 3. The summed E-state index contributed by atoms with van der Waals surface area (Å²) in [5, 5.41) is 6.22. The third-order valence-electron chi connectivity index (χ3n) is 6.70. The lowest BCUT2D eigenvalue weighted by molar-refractivity contribution is -0.231. The van der Waals surface area contributed by atoms with Gasteiger partial charge in [-0.15, -0.1) is 0 Å². The van der Waals surface area contributed by atoms with Gasteiger partial charge in [-0.2, -0.15) is 0 Å². The first-order chi connectivity index (χ1) is 19.0. The Morgan fingerprint density at radius 3 is 2.56 bits per heavy atom. The Morgan fingerprint density at radius 2 is 1.85 bits per heavy atom. The number of nitrogens with one attached hydrogen (secondary N) is 3. The zero-order chi connectivity index (χ0) is 26.8. The lowest BCUT2D eigenvalue weighted by Gasteiger charge is -2.35. The zero-order valence-corrected chi connectivity index (χ0v) is 21.4. The van der Waals surface area contributed by atoms with Crippen LogP contribution in [-0.4, -0.2) is 50.1 Å². The van der Waals surface area contributed by atoms with Crippen LogP contribution in [0.1, 0.15) is 37.6 Å². The summed E-state index contributed by atoms with van der Waals surface area (Å²) < 4.78 is 25.7. The van der Waals surface area contributed by atoms with E-state index in [2.05, 4.69) is 30.6 Å². The molecule has 3 aromatic heterocycles. The molecule has 1 saturated heterocycles. The van der Waals surface area contributed by atoms with E-state index in [0.717, 1.165) is 18.5 Å². The summed E-state index contributed by atoms with van der Waals surface area (Å²) in [5.41, 5.74) is 2.51. The Kier molecular flexibility index (Phi) is 6.76. The fourth-order valence-corrected chi connectivity index (χ4v) is 4.25. The lowest BCUT2D eigenvalue weighted by Crippen LogP contribution is -2.49. The van der Waals surface area contributed by atoms with Gasteiger partial charge in [-0.1, -0.05) is 6.07 Å². The van der Waals surface area contributed by atoms with Crippen molar-refractivity contribution in [2.24, 2.45) is 5.41 Å². The summed E-state index contributed by atoms with van der Waals surface area (Å²) in [6.45, 7) is 2.67. The topological polar surface area (TPSA) is 127 Å². The van der Waals surface area contributed by atoms with Crippen molar-refractivity contribution < 1.29 is 18.7 Å². The molecule has 4 heterocycles. The molecule has 1 aliphatic heterocycles. The molecule has 3 N–H and O–H groups in total. The van der Waals surface area contributed by atoms with Crippen LogP contribution in [0.4, 0.5) is 10.3 Å². The number of amides is 1. The predicted molar refractivity (Wildman–Crippen MR) is 140 cm³/mol. The molecule has 0 atom stereocenters. The number of rotatable bonds is 8. The van der Waals surface area contributed by atoms with Crippen molar-refractivity contribution in [2.75, 3.05) is 18.5 Å². The largest absolute Gasteiger partial charge is 0.353 e. The summed E-state index contributed by atoms with van der Waals surface area (Å²) in [6.07, 6.45) is 4.60. The Hall–Kier alpha value is -4.22. The monoisotopic (exact) mass is 529 g/mol. The van der Waals surface area contributed by atoms with Crippen molar-refractivity contribution in [3.63, 3.8) is 0 Å². The van der Waals surface area contributed by atoms with Crippen LogP contribution in [0.25, 0.3) is 22.6 Å². The van der Waals surface area contributed by atoms with Crippen LogP contribution >= 0.6 is 0 Å². The van der Waals surface area contributed by atoms with Gasteiger partial charge in [-0.3, -0.25) is 9.78 Å². The van der Waals surface area contributed by atoms with E-state index >= 15 is 0 Å². The molecule has 6 rings (SSSR count). The van der Waals surface area contributed by atoms with E-state index in [4.69, 9.17) is 14.5 Å². The summed E-state index contributed by atoms with van der Waals surface area (Å²) in [5.74, 6) is 0.432. The van der Waals surface area contributed by atoms with Gasteiger partial charge in [0.2, 0.25) is 18.1 Å². The summed E-state index contributed by atoms with van der Waals surface area (Å²) in [7, 11) is 0. The molecular weight excluding hydrogens is 501 g/mol. The maximum atomic E-state index is 13.7. The fourth-order valence-electron chi connectivity index (χ4n) is 4.25. The summed E-state index contributed by atoms with van der Waals surface area (Å²) >= 11 is 0. The van der Waals surface area contributed by atoms with Gasteiger partial charge in [0.1, 0.15) is 5.82 Å². The van der Waals surface area contributed by atoms with E-state index in [-0.39, 0.29) is 31.0 Å². The minimum Gasteiger partial charge on any atom is -0.353 e. The van der Waals surface area contributed by atoms with Crippen molar-refractivity contribution in [1.29, 1.82) is 0 Å². The molecule has 10 nitrogen and oxygen atoms in total.